The fraction of sp³-hybridized carbons (Fsp3) is 0.250. The number of anilines is 1. The molecule has 1 aromatic carbocycles. The van der Waals surface area contributed by atoms with E-state index in [1.807, 2.05) is 0 Å². The zero-order valence-corrected chi connectivity index (χ0v) is 7.86. The molecule has 0 atom stereocenters. The minimum absolute atomic E-state index is 0. The summed E-state index contributed by atoms with van der Waals surface area (Å²) in [5.74, 6) is 0. The highest BCUT2D eigenvalue weighted by Gasteiger charge is 2.15. The van der Waals surface area contributed by atoms with E-state index in [9.17, 15) is 10.1 Å². The molecule has 0 spiro atoms. The van der Waals surface area contributed by atoms with E-state index in [1.54, 1.807) is 13.0 Å². The number of nitro groups is 1. The minimum Gasteiger partial charge on any atom is -0.393 e. The van der Waals surface area contributed by atoms with Gasteiger partial charge in [-0.1, -0.05) is 6.07 Å². The molecule has 14 heavy (non-hydrogen) atoms. The van der Waals surface area contributed by atoms with Crippen molar-refractivity contribution in [1.82, 2.24) is 6.15 Å². The largest absolute Gasteiger partial charge is 0.393 e. The van der Waals surface area contributed by atoms with Gasteiger partial charge in [-0.2, -0.15) is 0 Å². The second-order valence-electron chi connectivity index (χ2n) is 2.71. The Morgan fingerprint density at radius 1 is 1.57 bits per heavy atom. The number of aliphatic hydroxyl groups excluding tert-OH is 1. The molecule has 0 saturated heterocycles. The Morgan fingerprint density at radius 2 is 2.14 bits per heavy atom. The average molecular weight is 199 g/mol. The van der Waals surface area contributed by atoms with Gasteiger partial charge in [-0.15, -0.1) is 0 Å². The molecule has 0 radical (unpaired) electrons. The SMILES string of the molecule is Cc1ccc([N+](=O)[O-])c(N)c1CO.N. The zero-order valence-electron chi connectivity index (χ0n) is 7.86. The lowest BCUT2D eigenvalue weighted by atomic mass is 10.1. The van der Waals surface area contributed by atoms with Crippen molar-refractivity contribution < 1.29 is 10.0 Å². The molecule has 0 bridgehead atoms. The molecule has 6 heteroatoms. The van der Waals surface area contributed by atoms with Gasteiger partial charge < -0.3 is 17.0 Å². The van der Waals surface area contributed by atoms with Crippen molar-refractivity contribution >= 4 is 11.4 Å². The van der Waals surface area contributed by atoms with E-state index in [0.29, 0.717) is 5.56 Å². The highest BCUT2D eigenvalue weighted by Crippen LogP contribution is 2.27. The van der Waals surface area contributed by atoms with Crippen molar-refractivity contribution in [2.75, 3.05) is 5.73 Å². The molecule has 6 N–H and O–H groups in total. The summed E-state index contributed by atoms with van der Waals surface area (Å²) >= 11 is 0. The van der Waals surface area contributed by atoms with Crippen molar-refractivity contribution in [2.45, 2.75) is 13.5 Å². The first-order chi connectivity index (χ1) is 6.07. The third kappa shape index (κ3) is 1.98. The van der Waals surface area contributed by atoms with Crippen LogP contribution < -0.4 is 11.9 Å². The number of rotatable bonds is 2. The van der Waals surface area contributed by atoms with Crippen LogP contribution in [-0.2, 0) is 6.61 Å². The van der Waals surface area contributed by atoms with Crippen LogP contribution in [0.1, 0.15) is 11.1 Å². The number of nitrogens with zero attached hydrogens (tertiary/aromatic N) is 1. The summed E-state index contributed by atoms with van der Waals surface area (Å²) in [5.41, 5.74) is 6.57. The molecular formula is C8H13N3O3. The molecule has 0 aromatic heterocycles. The predicted molar refractivity (Wildman–Crippen MR) is 53.2 cm³/mol. The molecule has 0 aliphatic heterocycles. The average Bonchev–Trinajstić information content (AvgIpc) is 2.04. The maximum absolute atomic E-state index is 10.4. The second kappa shape index (κ2) is 4.54. The Kier molecular flexibility index (Phi) is 4.00. The Balaban J connectivity index is 0.00000169. The standard InChI is InChI=1S/C8H10N2O3.H3N/c1-5-2-3-7(10(12)13)8(9)6(5)4-11;/h2-3,11H,4,9H2,1H3;1H3. The highest BCUT2D eigenvalue weighted by molar-refractivity contribution is 5.65. The molecule has 0 unspecified atom stereocenters. The summed E-state index contributed by atoms with van der Waals surface area (Å²) in [6.45, 7) is 1.46. The van der Waals surface area contributed by atoms with E-state index in [1.165, 1.54) is 6.07 Å². The van der Waals surface area contributed by atoms with Gasteiger partial charge in [-0.05, 0) is 12.5 Å². The number of hydrogen-bond acceptors (Lipinski definition) is 5. The number of benzene rings is 1. The summed E-state index contributed by atoms with van der Waals surface area (Å²) in [6.07, 6.45) is 0. The predicted octanol–water partition coefficient (Wildman–Crippen LogP) is 1.14. The van der Waals surface area contributed by atoms with Crippen molar-refractivity contribution in [1.29, 1.82) is 0 Å². The molecule has 0 saturated carbocycles. The van der Waals surface area contributed by atoms with Crippen molar-refractivity contribution in [2.24, 2.45) is 0 Å². The topological polar surface area (TPSA) is 124 Å². The van der Waals surface area contributed by atoms with Crippen LogP contribution in [0.2, 0.25) is 0 Å². The van der Waals surface area contributed by atoms with Crippen molar-refractivity contribution in [3.05, 3.63) is 33.4 Å². The molecule has 0 fully saturated rings. The molecule has 0 aliphatic carbocycles. The molecule has 1 aromatic rings. The second-order valence-corrected chi connectivity index (χ2v) is 2.71. The van der Waals surface area contributed by atoms with E-state index in [-0.39, 0.29) is 24.1 Å². The van der Waals surface area contributed by atoms with Crippen molar-refractivity contribution in [3.8, 4) is 0 Å². The Labute approximate surface area is 81.1 Å². The lowest BCUT2D eigenvalue weighted by Crippen LogP contribution is -2.02. The third-order valence-electron chi connectivity index (χ3n) is 1.92. The van der Waals surface area contributed by atoms with Crippen LogP contribution in [-0.4, -0.2) is 10.0 Å². The smallest absolute Gasteiger partial charge is 0.292 e. The van der Waals surface area contributed by atoms with Crippen LogP contribution in [0.25, 0.3) is 0 Å². The summed E-state index contributed by atoms with van der Waals surface area (Å²) in [4.78, 5) is 9.88. The van der Waals surface area contributed by atoms with Gasteiger partial charge in [0.2, 0.25) is 0 Å². The van der Waals surface area contributed by atoms with Crippen LogP contribution in [0, 0.1) is 17.0 Å². The van der Waals surface area contributed by atoms with Crippen LogP contribution in [0.3, 0.4) is 0 Å². The van der Waals surface area contributed by atoms with Gasteiger partial charge in [0.15, 0.2) is 0 Å². The zero-order chi connectivity index (χ0) is 10.0. The number of nitro benzene ring substituents is 1. The summed E-state index contributed by atoms with van der Waals surface area (Å²) in [6, 6.07) is 2.91. The summed E-state index contributed by atoms with van der Waals surface area (Å²) in [5, 5.41) is 19.3. The van der Waals surface area contributed by atoms with Crippen LogP contribution in [0.4, 0.5) is 11.4 Å². The summed E-state index contributed by atoms with van der Waals surface area (Å²) < 4.78 is 0. The molecule has 1 rings (SSSR count). The monoisotopic (exact) mass is 199 g/mol. The van der Waals surface area contributed by atoms with Crippen LogP contribution in [0.15, 0.2) is 12.1 Å². The van der Waals surface area contributed by atoms with Crippen LogP contribution in [0.5, 0.6) is 0 Å². The summed E-state index contributed by atoms with van der Waals surface area (Å²) in [7, 11) is 0. The first kappa shape index (κ1) is 12.3. The molecule has 0 aliphatic rings. The maximum Gasteiger partial charge on any atom is 0.292 e. The normalized spacial score (nSPS) is 9.29. The van der Waals surface area contributed by atoms with E-state index in [0.717, 1.165) is 5.56 Å². The Morgan fingerprint density at radius 3 is 2.57 bits per heavy atom. The van der Waals surface area contributed by atoms with E-state index in [2.05, 4.69) is 0 Å². The molecule has 0 heterocycles. The molecular weight excluding hydrogens is 186 g/mol. The number of nitrogens with two attached hydrogens (primary N) is 1. The highest BCUT2D eigenvalue weighted by atomic mass is 16.6. The van der Waals surface area contributed by atoms with Crippen LogP contribution >= 0.6 is 0 Å². The van der Waals surface area contributed by atoms with Gasteiger partial charge in [-0.3, -0.25) is 10.1 Å². The van der Waals surface area contributed by atoms with Gasteiger partial charge in [0.05, 0.1) is 11.5 Å². The Bertz CT molecular complexity index is 352. The fourth-order valence-electron chi connectivity index (χ4n) is 1.13. The molecule has 78 valence electrons. The third-order valence-corrected chi connectivity index (χ3v) is 1.92. The fourth-order valence-corrected chi connectivity index (χ4v) is 1.13. The van der Waals surface area contributed by atoms with Gasteiger partial charge in [0.1, 0.15) is 5.69 Å². The molecule has 0 amide bonds. The number of aryl methyl sites for hydroxylation is 1. The van der Waals surface area contributed by atoms with E-state index < -0.39 is 4.92 Å². The first-order valence-corrected chi connectivity index (χ1v) is 3.71. The van der Waals surface area contributed by atoms with E-state index >= 15 is 0 Å². The lowest BCUT2D eigenvalue weighted by molar-refractivity contribution is -0.384. The van der Waals surface area contributed by atoms with Gasteiger partial charge in [0, 0.05) is 11.6 Å². The maximum atomic E-state index is 10.4. The quantitative estimate of drug-likeness (QED) is 0.374. The first-order valence-electron chi connectivity index (χ1n) is 3.71. The minimum atomic E-state index is -0.562. The van der Waals surface area contributed by atoms with Gasteiger partial charge in [0.25, 0.3) is 5.69 Å². The van der Waals surface area contributed by atoms with Gasteiger partial charge >= 0.3 is 0 Å². The number of nitrogen functional groups attached to an aromatic ring is 1. The van der Waals surface area contributed by atoms with E-state index in [4.69, 9.17) is 10.8 Å². The lowest BCUT2D eigenvalue weighted by Gasteiger charge is -2.05. The van der Waals surface area contributed by atoms with Gasteiger partial charge in [-0.25, -0.2) is 0 Å². The number of aliphatic hydroxyl groups is 1. The van der Waals surface area contributed by atoms with Crippen molar-refractivity contribution in [3.63, 3.8) is 0 Å². The molecule has 6 nitrogen and oxygen atoms in total. The number of hydrogen-bond donors (Lipinski definition) is 3. The Hall–Kier alpha value is -1.66.